The van der Waals surface area contributed by atoms with Crippen molar-refractivity contribution in [1.82, 2.24) is 0 Å². The molecule has 96 valence electrons. The van der Waals surface area contributed by atoms with E-state index in [9.17, 15) is 13.2 Å². The average molecular weight is 320 g/mol. The Labute approximate surface area is 110 Å². The summed E-state index contributed by atoms with van der Waals surface area (Å²) in [5.74, 6) is 0.696. The van der Waals surface area contributed by atoms with Crippen LogP contribution >= 0.6 is 15.9 Å². The van der Waals surface area contributed by atoms with Crippen molar-refractivity contribution in [3.8, 4) is 0 Å². The summed E-state index contributed by atoms with van der Waals surface area (Å²) in [6.45, 7) is 0.414. The van der Waals surface area contributed by atoms with Gasteiger partial charge in [-0.15, -0.1) is 0 Å². The monoisotopic (exact) mass is 319 g/mol. The van der Waals surface area contributed by atoms with Gasteiger partial charge in [0.1, 0.15) is 5.76 Å². The number of hydrogen-bond acceptors (Lipinski definition) is 2. The lowest BCUT2D eigenvalue weighted by atomic mass is 10.2. The van der Waals surface area contributed by atoms with Crippen LogP contribution in [-0.4, -0.2) is 0 Å². The SMILES string of the molecule is FC(F)(F)c1ccc(NCc2ccc(Br)o2)cc1. The highest BCUT2D eigenvalue weighted by Crippen LogP contribution is 2.29. The van der Waals surface area contributed by atoms with Crippen molar-refractivity contribution in [2.45, 2.75) is 12.7 Å². The fourth-order valence-corrected chi connectivity index (χ4v) is 1.75. The van der Waals surface area contributed by atoms with E-state index in [0.29, 0.717) is 22.7 Å². The molecule has 1 heterocycles. The van der Waals surface area contributed by atoms with E-state index in [1.807, 2.05) is 0 Å². The van der Waals surface area contributed by atoms with Crippen LogP contribution in [0.5, 0.6) is 0 Å². The van der Waals surface area contributed by atoms with Crippen molar-refractivity contribution in [1.29, 1.82) is 0 Å². The topological polar surface area (TPSA) is 25.2 Å². The molecule has 0 fully saturated rings. The highest BCUT2D eigenvalue weighted by Gasteiger charge is 2.29. The van der Waals surface area contributed by atoms with E-state index in [1.54, 1.807) is 12.1 Å². The van der Waals surface area contributed by atoms with Crippen LogP contribution in [0.4, 0.5) is 18.9 Å². The van der Waals surface area contributed by atoms with Gasteiger partial charge in [0.25, 0.3) is 0 Å². The average Bonchev–Trinajstić information content (AvgIpc) is 2.72. The predicted octanol–water partition coefficient (Wildman–Crippen LogP) is 4.67. The van der Waals surface area contributed by atoms with Crippen LogP contribution < -0.4 is 5.32 Å². The molecule has 2 rings (SSSR count). The predicted molar refractivity (Wildman–Crippen MR) is 65.2 cm³/mol. The van der Waals surface area contributed by atoms with Gasteiger partial charge in [-0.2, -0.15) is 13.2 Å². The smallest absolute Gasteiger partial charge is 0.416 e. The number of alkyl halides is 3. The second-order valence-electron chi connectivity index (χ2n) is 3.63. The van der Waals surface area contributed by atoms with E-state index in [4.69, 9.17) is 4.42 Å². The third-order valence-corrected chi connectivity index (χ3v) is 2.73. The van der Waals surface area contributed by atoms with Gasteiger partial charge in [0, 0.05) is 5.69 Å². The van der Waals surface area contributed by atoms with E-state index in [2.05, 4.69) is 21.2 Å². The number of benzene rings is 1. The maximum atomic E-state index is 12.3. The first-order valence-electron chi connectivity index (χ1n) is 5.10. The normalized spacial score (nSPS) is 11.6. The summed E-state index contributed by atoms with van der Waals surface area (Å²) in [6, 6.07) is 8.40. The van der Waals surface area contributed by atoms with Crippen LogP contribution in [0.3, 0.4) is 0 Å². The first kappa shape index (κ1) is 13.0. The number of anilines is 1. The third-order valence-electron chi connectivity index (χ3n) is 2.31. The van der Waals surface area contributed by atoms with E-state index >= 15 is 0 Å². The van der Waals surface area contributed by atoms with Gasteiger partial charge in [0.05, 0.1) is 12.1 Å². The Kier molecular flexibility index (Phi) is 3.65. The standard InChI is InChI=1S/C12H9BrF3NO/c13-11-6-5-10(18-11)7-17-9-3-1-8(2-4-9)12(14,15)16/h1-6,17H,7H2. The van der Waals surface area contributed by atoms with Crippen LogP contribution in [-0.2, 0) is 12.7 Å². The van der Waals surface area contributed by atoms with E-state index in [0.717, 1.165) is 12.1 Å². The fourth-order valence-electron chi connectivity index (χ4n) is 1.41. The summed E-state index contributed by atoms with van der Waals surface area (Å²) < 4.78 is 42.9. The first-order chi connectivity index (χ1) is 8.45. The molecule has 0 radical (unpaired) electrons. The summed E-state index contributed by atoms with van der Waals surface area (Å²) in [4.78, 5) is 0. The first-order valence-corrected chi connectivity index (χ1v) is 5.90. The summed E-state index contributed by atoms with van der Waals surface area (Å²) in [5.41, 5.74) is -0.0516. The zero-order valence-electron chi connectivity index (χ0n) is 9.09. The van der Waals surface area contributed by atoms with Gasteiger partial charge in [-0.25, -0.2) is 0 Å². The second-order valence-corrected chi connectivity index (χ2v) is 4.42. The van der Waals surface area contributed by atoms with Gasteiger partial charge >= 0.3 is 6.18 Å². The van der Waals surface area contributed by atoms with Crippen LogP contribution in [0, 0.1) is 0 Å². The lowest BCUT2D eigenvalue weighted by Gasteiger charge is -2.08. The Morgan fingerprint density at radius 1 is 1.06 bits per heavy atom. The van der Waals surface area contributed by atoms with Crippen molar-refractivity contribution < 1.29 is 17.6 Å². The van der Waals surface area contributed by atoms with Gasteiger partial charge in [0.2, 0.25) is 0 Å². The minimum Gasteiger partial charge on any atom is -0.452 e. The Hall–Kier alpha value is -1.43. The molecule has 0 amide bonds. The molecule has 0 bridgehead atoms. The summed E-state index contributed by atoms with van der Waals surface area (Å²) in [5, 5.41) is 2.97. The van der Waals surface area contributed by atoms with Crippen molar-refractivity contribution in [2.24, 2.45) is 0 Å². The Morgan fingerprint density at radius 3 is 2.22 bits per heavy atom. The third kappa shape index (κ3) is 3.29. The molecule has 2 aromatic rings. The van der Waals surface area contributed by atoms with Crippen molar-refractivity contribution in [3.05, 3.63) is 52.4 Å². The quantitative estimate of drug-likeness (QED) is 0.889. The molecule has 0 atom stereocenters. The molecule has 1 aromatic heterocycles. The van der Waals surface area contributed by atoms with E-state index < -0.39 is 11.7 Å². The van der Waals surface area contributed by atoms with E-state index in [-0.39, 0.29) is 0 Å². The molecule has 2 nitrogen and oxygen atoms in total. The van der Waals surface area contributed by atoms with Gasteiger partial charge in [0.15, 0.2) is 4.67 Å². The molecule has 6 heteroatoms. The van der Waals surface area contributed by atoms with Gasteiger partial charge in [-0.1, -0.05) is 0 Å². The molecule has 18 heavy (non-hydrogen) atoms. The lowest BCUT2D eigenvalue weighted by Crippen LogP contribution is -2.05. The van der Waals surface area contributed by atoms with Crippen molar-refractivity contribution in [3.63, 3.8) is 0 Å². The molecule has 1 N–H and O–H groups in total. The highest BCUT2D eigenvalue weighted by atomic mass is 79.9. The number of halogens is 4. The summed E-state index contributed by atoms with van der Waals surface area (Å²) >= 11 is 3.17. The Bertz CT molecular complexity index is 519. The Morgan fingerprint density at radius 2 is 1.72 bits per heavy atom. The molecular weight excluding hydrogens is 311 g/mol. The lowest BCUT2D eigenvalue weighted by molar-refractivity contribution is -0.137. The van der Waals surface area contributed by atoms with Crippen LogP contribution in [0.2, 0.25) is 0 Å². The highest BCUT2D eigenvalue weighted by molar-refractivity contribution is 9.10. The van der Waals surface area contributed by atoms with Gasteiger partial charge in [-0.05, 0) is 52.3 Å². The number of hydrogen-bond donors (Lipinski definition) is 1. The molecule has 0 aliphatic rings. The Balaban J connectivity index is 1.98. The molecule has 0 saturated carbocycles. The van der Waals surface area contributed by atoms with Crippen LogP contribution in [0.1, 0.15) is 11.3 Å². The van der Waals surface area contributed by atoms with Crippen LogP contribution in [0.15, 0.2) is 45.5 Å². The zero-order valence-corrected chi connectivity index (χ0v) is 10.7. The molecule has 0 unspecified atom stereocenters. The molecule has 0 aliphatic carbocycles. The van der Waals surface area contributed by atoms with Gasteiger partial charge < -0.3 is 9.73 Å². The van der Waals surface area contributed by atoms with Gasteiger partial charge in [-0.3, -0.25) is 0 Å². The summed E-state index contributed by atoms with van der Waals surface area (Å²) in [6.07, 6.45) is -4.30. The van der Waals surface area contributed by atoms with Crippen LogP contribution in [0.25, 0.3) is 0 Å². The minimum absolute atomic E-state index is 0.414. The van der Waals surface area contributed by atoms with E-state index in [1.165, 1.54) is 12.1 Å². The maximum Gasteiger partial charge on any atom is 0.416 e. The molecular formula is C12H9BrF3NO. The maximum absolute atomic E-state index is 12.3. The number of nitrogens with one attached hydrogen (secondary N) is 1. The molecule has 1 aromatic carbocycles. The number of furan rings is 1. The summed E-state index contributed by atoms with van der Waals surface area (Å²) in [7, 11) is 0. The van der Waals surface area contributed by atoms with Crippen molar-refractivity contribution >= 4 is 21.6 Å². The fraction of sp³-hybridized carbons (Fsp3) is 0.167. The second kappa shape index (κ2) is 5.06. The van der Waals surface area contributed by atoms with Crippen molar-refractivity contribution in [2.75, 3.05) is 5.32 Å². The number of rotatable bonds is 3. The largest absolute Gasteiger partial charge is 0.452 e. The molecule has 0 saturated heterocycles. The molecule has 0 aliphatic heterocycles. The molecule has 0 spiro atoms. The zero-order chi connectivity index (χ0) is 13.2. The minimum atomic E-state index is -4.30.